The minimum atomic E-state index is -0.222. The summed E-state index contributed by atoms with van der Waals surface area (Å²) < 4.78 is 2.90. The van der Waals surface area contributed by atoms with Gasteiger partial charge in [0.15, 0.2) is 0 Å². The number of hydrogen-bond acceptors (Lipinski definition) is 3. The normalized spacial score (nSPS) is 16.1. The second-order valence-corrected chi connectivity index (χ2v) is 6.43. The predicted molar refractivity (Wildman–Crippen MR) is 89.4 cm³/mol. The van der Waals surface area contributed by atoms with Crippen molar-refractivity contribution in [3.63, 3.8) is 0 Å². The van der Waals surface area contributed by atoms with E-state index < -0.39 is 0 Å². The fourth-order valence-electron chi connectivity index (χ4n) is 3.19. The molecule has 5 heteroatoms. The van der Waals surface area contributed by atoms with E-state index in [0.29, 0.717) is 6.54 Å². The van der Waals surface area contributed by atoms with Crippen LogP contribution in [0.4, 0.5) is 0 Å². The van der Waals surface area contributed by atoms with Crippen molar-refractivity contribution in [3.8, 4) is 0 Å². The molecule has 2 rings (SSSR count). The molecule has 0 radical (unpaired) electrons. The molecule has 1 aliphatic heterocycles. The van der Waals surface area contributed by atoms with Crippen molar-refractivity contribution in [1.82, 2.24) is 14.0 Å². The van der Waals surface area contributed by atoms with Gasteiger partial charge in [-0.3, -0.25) is 13.9 Å². The lowest BCUT2D eigenvalue weighted by molar-refractivity contribution is 0.224. The Kier molecular flexibility index (Phi) is 6.43. The first-order valence-corrected chi connectivity index (χ1v) is 8.59. The molecule has 0 saturated carbocycles. The van der Waals surface area contributed by atoms with Crippen molar-refractivity contribution in [2.24, 2.45) is 7.05 Å². The Bertz CT molecular complexity index is 583. The molecular formula is C17H29N3O2. The van der Waals surface area contributed by atoms with Crippen LogP contribution in [0.2, 0.25) is 0 Å². The molecule has 0 spiro atoms. The summed E-state index contributed by atoms with van der Waals surface area (Å²) in [7, 11) is 1.54. The SMILES string of the molecule is Cc1cc(=O)n(C)c(=O)n1CCCCCCN1CCCCC1. The number of aryl methyl sites for hydroxylation is 1. The summed E-state index contributed by atoms with van der Waals surface area (Å²) in [4.78, 5) is 26.2. The van der Waals surface area contributed by atoms with Gasteiger partial charge in [-0.25, -0.2) is 4.79 Å². The van der Waals surface area contributed by atoms with Gasteiger partial charge in [-0.05, 0) is 52.2 Å². The van der Waals surface area contributed by atoms with Crippen LogP contribution in [-0.2, 0) is 13.6 Å². The van der Waals surface area contributed by atoms with Crippen molar-refractivity contribution in [1.29, 1.82) is 0 Å². The molecule has 0 amide bonds. The second kappa shape index (κ2) is 8.32. The summed E-state index contributed by atoms with van der Waals surface area (Å²) in [6, 6.07) is 1.54. The van der Waals surface area contributed by atoms with Crippen LogP contribution in [0, 0.1) is 6.92 Å². The quantitative estimate of drug-likeness (QED) is 0.723. The molecule has 0 unspecified atom stereocenters. The first kappa shape index (κ1) is 17.0. The monoisotopic (exact) mass is 307 g/mol. The van der Waals surface area contributed by atoms with Crippen molar-refractivity contribution >= 4 is 0 Å². The molecule has 0 aliphatic carbocycles. The largest absolute Gasteiger partial charge is 0.330 e. The van der Waals surface area contributed by atoms with E-state index in [2.05, 4.69) is 4.90 Å². The number of nitrogens with zero attached hydrogens (tertiary/aromatic N) is 3. The van der Waals surface area contributed by atoms with Crippen LogP contribution >= 0.6 is 0 Å². The molecule has 124 valence electrons. The highest BCUT2D eigenvalue weighted by Crippen LogP contribution is 2.10. The summed E-state index contributed by atoms with van der Waals surface area (Å²) in [5.74, 6) is 0. The fraction of sp³-hybridized carbons (Fsp3) is 0.765. The highest BCUT2D eigenvalue weighted by atomic mass is 16.2. The highest BCUT2D eigenvalue weighted by molar-refractivity contribution is 4.99. The second-order valence-electron chi connectivity index (χ2n) is 6.43. The zero-order valence-corrected chi connectivity index (χ0v) is 14.0. The van der Waals surface area contributed by atoms with Gasteiger partial charge < -0.3 is 4.90 Å². The Morgan fingerprint density at radius 3 is 2.27 bits per heavy atom. The maximum atomic E-state index is 12.1. The van der Waals surface area contributed by atoms with Crippen LogP contribution in [0.15, 0.2) is 15.7 Å². The minimum absolute atomic E-state index is 0.196. The van der Waals surface area contributed by atoms with E-state index in [0.717, 1.165) is 18.5 Å². The standard InChI is InChI=1S/C17H29N3O2/c1-15-14-16(21)18(2)17(22)20(15)13-9-4-3-6-10-19-11-7-5-8-12-19/h14H,3-13H2,1-2H3. The molecule has 1 aromatic heterocycles. The van der Waals surface area contributed by atoms with Crippen molar-refractivity contribution in [3.05, 3.63) is 32.6 Å². The summed E-state index contributed by atoms with van der Waals surface area (Å²) in [6.45, 7) is 6.31. The maximum Gasteiger partial charge on any atom is 0.330 e. The summed E-state index contributed by atoms with van der Waals surface area (Å²) >= 11 is 0. The molecule has 2 heterocycles. The van der Waals surface area contributed by atoms with Gasteiger partial charge in [0.2, 0.25) is 0 Å². The molecule has 1 aromatic rings. The van der Waals surface area contributed by atoms with Gasteiger partial charge in [0, 0.05) is 25.4 Å². The van der Waals surface area contributed by atoms with E-state index in [9.17, 15) is 9.59 Å². The van der Waals surface area contributed by atoms with Crippen LogP contribution in [-0.4, -0.2) is 33.7 Å². The third-order valence-corrected chi connectivity index (χ3v) is 4.66. The number of likely N-dealkylation sites (tertiary alicyclic amines) is 1. The molecule has 0 atom stereocenters. The van der Waals surface area contributed by atoms with Crippen LogP contribution < -0.4 is 11.2 Å². The molecule has 0 aromatic carbocycles. The van der Waals surface area contributed by atoms with E-state index in [1.165, 1.54) is 62.4 Å². The summed E-state index contributed by atoms with van der Waals surface area (Å²) in [5, 5.41) is 0. The molecule has 0 bridgehead atoms. The number of aromatic nitrogens is 2. The molecule has 1 saturated heterocycles. The molecule has 1 fully saturated rings. The topological polar surface area (TPSA) is 47.2 Å². The van der Waals surface area contributed by atoms with Gasteiger partial charge in [-0.2, -0.15) is 0 Å². The number of unbranched alkanes of at least 4 members (excludes halogenated alkanes) is 3. The van der Waals surface area contributed by atoms with Gasteiger partial charge in [0.25, 0.3) is 5.56 Å². The molecule has 0 N–H and O–H groups in total. The van der Waals surface area contributed by atoms with Gasteiger partial charge in [-0.15, -0.1) is 0 Å². The predicted octanol–water partition coefficient (Wildman–Crippen LogP) is 1.90. The van der Waals surface area contributed by atoms with Crippen LogP contribution in [0.25, 0.3) is 0 Å². The Morgan fingerprint density at radius 1 is 0.955 bits per heavy atom. The number of piperidine rings is 1. The molecular weight excluding hydrogens is 278 g/mol. The Balaban J connectivity index is 1.70. The van der Waals surface area contributed by atoms with Crippen molar-refractivity contribution in [2.75, 3.05) is 19.6 Å². The third-order valence-electron chi connectivity index (χ3n) is 4.66. The lowest BCUT2D eigenvalue weighted by Crippen LogP contribution is -2.38. The fourth-order valence-corrected chi connectivity index (χ4v) is 3.19. The number of rotatable bonds is 7. The average Bonchev–Trinajstić information content (AvgIpc) is 2.52. The van der Waals surface area contributed by atoms with Crippen molar-refractivity contribution < 1.29 is 0 Å². The van der Waals surface area contributed by atoms with Crippen LogP contribution in [0.1, 0.15) is 50.6 Å². The van der Waals surface area contributed by atoms with Crippen LogP contribution in [0.5, 0.6) is 0 Å². The van der Waals surface area contributed by atoms with Gasteiger partial charge in [0.05, 0.1) is 0 Å². The van der Waals surface area contributed by atoms with Crippen molar-refractivity contribution in [2.45, 2.75) is 58.4 Å². The van der Waals surface area contributed by atoms with E-state index in [1.807, 2.05) is 6.92 Å². The zero-order valence-electron chi connectivity index (χ0n) is 14.0. The van der Waals surface area contributed by atoms with Gasteiger partial charge >= 0.3 is 5.69 Å². The third kappa shape index (κ3) is 4.57. The first-order chi connectivity index (χ1) is 10.6. The first-order valence-electron chi connectivity index (χ1n) is 8.59. The Labute approximate surface area is 132 Å². The number of hydrogen-bond donors (Lipinski definition) is 0. The highest BCUT2D eigenvalue weighted by Gasteiger charge is 2.09. The summed E-state index contributed by atoms with van der Waals surface area (Å²) in [5.41, 5.74) is 0.347. The Hall–Kier alpha value is -1.36. The van der Waals surface area contributed by atoms with E-state index in [1.54, 1.807) is 11.6 Å². The zero-order chi connectivity index (χ0) is 15.9. The molecule has 1 aliphatic rings. The van der Waals surface area contributed by atoms with E-state index in [-0.39, 0.29) is 11.2 Å². The van der Waals surface area contributed by atoms with E-state index in [4.69, 9.17) is 0 Å². The van der Waals surface area contributed by atoms with Gasteiger partial charge in [-0.1, -0.05) is 19.3 Å². The lowest BCUT2D eigenvalue weighted by Gasteiger charge is -2.26. The Morgan fingerprint density at radius 2 is 1.59 bits per heavy atom. The minimum Gasteiger partial charge on any atom is -0.303 e. The van der Waals surface area contributed by atoms with E-state index >= 15 is 0 Å². The smallest absolute Gasteiger partial charge is 0.303 e. The molecule has 22 heavy (non-hydrogen) atoms. The lowest BCUT2D eigenvalue weighted by atomic mass is 10.1. The summed E-state index contributed by atoms with van der Waals surface area (Å²) in [6.07, 6.45) is 8.72. The average molecular weight is 307 g/mol. The van der Waals surface area contributed by atoms with Gasteiger partial charge in [0.1, 0.15) is 0 Å². The van der Waals surface area contributed by atoms with Crippen LogP contribution in [0.3, 0.4) is 0 Å². The molecule has 5 nitrogen and oxygen atoms in total. The maximum absolute atomic E-state index is 12.1.